The van der Waals surface area contributed by atoms with Crippen molar-refractivity contribution in [2.45, 2.75) is 39.5 Å². The maximum absolute atomic E-state index is 4.78. The second kappa shape index (κ2) is 3.62. The smallest absolute Gasteiger partial charge is 0.140 e. The van der Waals surface area contributed by atoms with E-state index >= 15 is 0 Å². The first-order chi connectivity index (χ1) is 7.79. The van der Waals surface area contributed by atoms with Crippen molar-refractivity contribution < 1.29 is 0 Å². The first-order valence-corrected chi connectivity index (χ1v) is 6.25. The molecule has 16 heavy (non-hydrogen) atoms. The first kappa shape index (κ1) is 9.88. The Bertz CT molecular complexity index is 525. The van der Waals surface area contributed by atoms with E-state index in [-0.39, 0.29) is 0 Å². The molecule has 0 amide bonds. The van der Waals surface area contributed by atoms with E-state index in [0.717, 1.165) is 18.0 Å². The molecule has 0 aliphatic heterocycles. The van der Waals surface area contributed by atoms with Crippen molar-refractivity contribution in [1.82, 2.24) is 9.38 Å². The van der Waals surface area contributed by atoms with Gasteiger partial charge in [0.2, 0.25) is 0 Å². The Hall–Kier alpha value is -1.31. The van der Waals surface area contributed by atoms with Crippen molar-refractivity contribution in [1.29, 1.82) is 0 Å². The highest BCUT2D eigenvalue weighted by Crippen LogP contribution is 2.28. The van der Waals surface area contributed by atoms with Gasteiger partial charge in [0.25, 0.3) is 0 Å². The molecule has 2 aromatic heterocycles. The van der Waals surface area contributed by atoms with Gasteiger partial charge >= 0.3 is 0 Å². The molecule has 2 heteroatoms. The number of imidazole rings is 1. The topological polar surface area (TPSA) is 17.3 Å². The van der Waals surface area contributed by atoms with Gasteiger partial charge in [-0.2, -0.15) is 0 Å². The van der Waals surface area contributed by atoms with E-state index in [1.54, 1.807) is 0 Å². The summed E-state index contributed by atoms with van der Waals surface area (Å²) in [6, 6.07) is 4.27. The first-order valence-electron chi connectivity index (χ1n) is 6.25. The molecule has 0 radical (unpaired) electrons. The molecule has 0 spiro atoms. The van der Waals surface area contributed by atoms with Crippen molar-refractivity contribution in [2.24, 2.45) is 5.92 Å². The van der Waals surface area contributed by atoms with Crippen molar-refractivity contribution in [3.63, 3.8) is 0 Å². The predicted molar refractivity (Wildman–Crippen MR) is 65.7 cm³/mol. The summed E-state index contributed by atoms with van der Waals surface area (Å²) in [5, 5.41) is 0. The number of rotatable bonds is 1. The van der Waals surface area contributed by atoms with Crippen LogP contribution >= 0.6 is 0 Å². The van der Waals surface area contributed by atoms with Crippen LogP contribution in [0.15, 0.2) is 18.3 Å². The van der Waals surface area contributed by atoms with Crippen LogP contribution in [0.2, 0.25) is 0 Å². The summed E-state index contributed by atoms with van der Waals surface area (Å²) in [6.45, 7) is 4.44. The summed E-state index contributed by atoms with van der Waals surface area (Å²) in [4.78, 5) is 4.78. The molecule has 0 bridgehead atoms. The summed E-state index contributed by atoms with van der Waals surface area (Å²) < 4.78 is 2.30. The molecule has 0 N–H and O–H groups in total. The number of nitrogens with zero attached hydrogens (tertiary/aromatic N) is 2. The van der Waals surface area contributed by atoms with Gasteiger partial charge < -0.3 is 4.40 Å². The molecule has 1 aliphatic carbocycles. The molecule has 0 fully saturated rings. The lowest BCUT2D eigenvalue weighted by atomic mass is 9.88. The zero-order chi connectivity index (χ0) is 11.1. The third-order valence-corrected chi connectivity index (χ3v) is 3.88. The third-order valence-electron chi connectivity index (χ3n) is 3.88. The lowest BCUT2D eigenvalue weighted by Crippen LogP contribution is -2.14. The van der Waals surface area contributed by atoms with E-state index in [9.17, 15) is 0 Å². The van der Waals surface area contributed by atoms with Crippen LogP contribution in [0.25, 0.3) is 5.65 Å². The summed E-state index contributed by atoms with van der Waals surface area (Å²) in [7, 11) is 0. The van der Waals surface area contributed by atoms with Crippen LogP contribution in [0.4, 0.5) is 0 Å². The average molecular weight is 214 g/mol. The van der Waals surface area contributed by atoms with Gasteiger partial charge in [0.15, 0.2) is 0 Å². The second-order valence-electron chi connectivity index (χ2n) is 4.91. The highest BCUT2D eigenvalue weighted by Gasteiger charge is 2.22. The summed E-state index contributed by atoms with van der Waals surface area (Å²) in [5.41, 5.74) is 5.23. The van der Waals surface area contributed by atoms with Gasteiger partial charge in [0.05, 0.1) is 5.69 Å². The van der Waals surface area contributed by atoms with Gasteiger partial charge in [-0.15, -0.1) is 0 Å². The third kappa shape index (κ3) is 1.36. The van der Waals surface area contributed by atoms with Crippen LogP contribution in [-0.4, -0.2) is 9.38 Å². The van der Waals surface area contributed by atoms with Gasteiger partial charge in [-0.3, -0.25) is 0 Å². The van der Waals surface area contributed by atoms with Crippen molar-refractivity contribution in [3.8, 4) is 0 Å². The van der Waals surface area contributed by atoms with Crippen LogP contribution in [0.5, 0.6) is 0 Å². The van der Waals surface area contributed by atoms with E-state index in [1.807, 2.05) is 0 Å². The molecule has 1 unspecified atom stereocenters. The van der Waals surface area contributed by atoms with Gasteiger partial charge in [-0.1, -0.05) is 19.4 Å². The zero-order valence-electron chi connectivity index (χ0n) is 10.0. The monoisotopic (exact) mass is 214 g/mol. The molecule has 0 saturated carbocycles. The SMILES string of the molecule is CCC1CCc2nc3c(C)cccn3c2C1. The minimum absolute atomic E-state index is 0.855. The van der Waals surface area contributed by atoms with E-state index in [4.69, 9.17) is 4.98 Å². The van der Waals surface area contributed by atoms with E-state index in [0.29, 0.717) is 0 Å². The molecule has 1 atom stereocenters. The number of pyridine rings is 1. The maximum Gasteiger partial charge on any atom is 0.140 e. The highest BCUT2D eigenvalue weighted by atomic mass is 15.0. The minimum atomic E-state index is 0.855. The molecule has 2 nitrogen and oxygen atoms in total. The highest BCUT2D eigenvalue weighted by molar-refractivity contribution is 5.50. The van der Waals surface area contributed by atoms with Gasteiger partial charge in [-0.25, -0.2) is 4.98 Å². The van der Waals surface area contributed by atoms with Gasteiger partial charge in [0, 0.05) is 11.9 Å². The van der Waals surface area contributed by atoms with Crippen LogP contribution in [-0.2, 0) is 12.8 Å². The quantitative estimate of drug-likeness (QED) is 0.712. The standard InChI is InChI=1S/C14H18N2/c1-3-11-6-7-12-13(9-11)16-8-4-5-10(2)14(16)15-12/h4-5,8,11H,3,6-7,9H2,1-2H3. The van der Waals surface area contributed by atoms with Crippen molar-refractivity contribution >= 4 is 5.65 Å². The Labute approximate surface area is 96.3 Å². The zero-order valence-corrected chi connectivity index (χ0v) is 10.0. The molecule has 0 aromatic carbocycles. The molecule has 2 heterocycles. The molecule has 0 saturated heterocycles. The van der Waals surface area contributed by atoms with Gasteiger partial charge in [-0.05, 0) is 43.7 Å². The second-order valence-corrected chi connectivity index (χ2v) is 4.91. The van der Waals surface area contributed by atoms with Crippen LogP contribution in [0.3, 0.4) is 0 Å². The number of hydrogen-bond donors (Lipinski definition) is 0. The molecule has 3 rings (SSSR count). The Kier molecular flexibility index (Phi) is 2.23. The Morgan fingerprint density at radius 3 is 3.19 bits per heavy atom. The summed E-state index contributed by atoms with van der Waals surface area (Å²) in [6.07, 6.45) is 7.13. The molecule has 1 aliphatic rings. The van der Waals surface area contributed by atoms with Crippen LogP contribution < -0.4 is 0 Å². The van der Waals surface area contributed by atoms with Crippen LogP contribution in [0.1, 0.15) is 36.7 Å². The fourth-order valence-corrected chi connectivity index (χ4v) is 2.78. The normalized spacial score (nSPS) is 20.0. The van der Waals surface area contributed by atoms with E-state index in [2.05, 4.69) is 36.6 Å². The Balaban J connectivity index is 2.18. The van der Waals surface area contributed by atoms with Crippen molar-refractivity contribution in [3.05, 3.63) is 35.3 Å². The van der Waals surface area contributed by atoms with E-state index < -0.39 is 0 Å². The Morgan fingerprint density at radius 1 is 1.50 bits per heavy atom. The number of aryl methyl sites for hydroxylation is 2. The van der Waals surface area contributed by atoms with Crippen LogP contribution in [0, 0.1) is 12.8 Å². The average Bonchev–Trinajstić information content (AvgIpc) is 2.68. The number of fused-ring (bicyclic) bond motifs is 3. The number of aromatic nitrogens is 2. The number of hydrogen-bond acceptors (Lipinski definition) is 1. The lowest BCUT2D eigenvalue weighted by molar-refractivity contribution is 0.435. The molecular formula is C14H18N2. The van der Waals surface area contributed by atoms with Gasteiger partial charge in [0.1, 0.15) is 5.65 Å². The maximum atomic E-state index is 4.78. The molecule has 84 valence electrons. The fraction of sp³-hybridized carbons (Fsp3) is 0.500. The Morgan fingerprint density at radius 2 is 2.38 bits per heavy atom. The molecule has 2 aromatic rings. The fourth-order valence-electron chi connectivity index (χ4n) is 2.78. The lowest BCUT2D eigenvalue weighted by Gasteiger charge is -2.20. The minimum Gasteiger partial charge on any atom is -0.304 e. The summed E-state index contributed by atoms with van der Waals surface area (Å²) >= 11 is 0. The molecular weight excluding hydrogens is 196 g/mol. The van der Waals surface area contributed by atoms with E-state index in [1.165, 1.54) is 36.2 Å². The largest absolute Gasteiger partial charge is 0.304 e. The summed E-state index contributed by atoms with van der Waals surface area (Å²) in [5.74, 6) is 0.855. The van der Waals surface area contributed by atoms with Crippen molar-refractivity contribution in [2.75, 3.05) is 0 Å². The predicted octanol–water partition coefficient (Wildman–Crippen LogP) is 3.16.